The van der Waals surface area contributed by atoms with Crippen molar-refractivity contribution in [1.29, 1.82) is 0 Å². The molecule has 0 aliphatic carbocycles. The molecule has 1 saturated heterocycles. The highest BCUT2D eigenvalue weighted by molar-refractivity contribution is 5.94. The van der Waals surface area contributed by atoms with Gasteiger partial charge in [0.25, 0.3) is 0 Å². The lowest BCUT2D eigenvalue weighted by molar-refractivity contribution is 0.235. The predicted octanol–water partition coefficient (Wildman–Crippen LogP) is 2.70. The molecule has 6 nitrogen and oxygen atoms in total. The van der Waals surface area contributed by atoms with Gasteiger partial charge in [0.05, 0.1) is 25.4 Å². The van der Waals surface area contributed by atoms with Crippen molar-refractivity contribution in [3.63, 3.8) is 0 Å². The first-order valence-electron chi connectivity index (χ1n) is 8.92. The quantitative estimate of drug-likeness (QED) is 0.565. The van der Waals surface area contributed by atoms with E-state index in [4.69, 9.17) is 15.2 Å². The number of nitrogens with zero attached hydrogens (tertiary/aromatic N) is 2. The third-order valence-electron chi connectivity index (χ3n) is 3.97. The Bertz CT molecular complexity index is 528. The van der Waals surface area contributed by atoms with E-state index in [2.05, 4.69) is 15.2 Å². The highest BCUT2D eigenvalue weighted by Crippen LogP contribution is 2.29. The van der Waals surface area contributed by atoms with Crippen molar-refractivity contribution in [2.24, 2.45) is 10.7 Å². The van der Waals surface area contributed by atoms with Crippen LogP contribution in [0.15, 0.2) is 23.2 Å². The fourth-order valence-corrected chi connectivity index (χ4v) is 2.82. The fraction of sp³-hybridized carbons (Fsp3) is 0.611. The molecule has 134 valence electrons. The number of hydrogen-bond acceptors (Lipinski definition) is 4. The van der Waals surface area contributed by atoms with E-state index in [1.165, 1.54) is 32.4 Å². The summed E-state index contributed by atoms with van der Waals surface area (Å²) in [7, 11) is 0. The van der Waals surface area contributed by atoms with Crippen LogP contribution in [0.4, 0.5) is 5.69 Å². The Morgan fingerprint density at radius 1 is 1.17 bits per heavy atom. The maximum Gasteiger partial charge on any atom is 0.193 e. The first-order valence-corrected chi connectivity index (χ1v) is 8.92. The summed E-state index contributed by atoms with van der Waals surface area (Å²) in [6.07, 6.45) is 3.93. The average Bonchev–Trinajstić information content (AvgIpc) is 2.58. The number of ether oxygens (including phenoxy) is 2. The molecule has 2 rings (SSSR count). The molecule has 0 unspecified atom stereocenters. The molecule has 0 amide bonds. The number of rotatable bonds is 8. The van der Waals surface area contributed by atoms with Crippen LogP contribution < -0.4 is 20.5 Å². The molecule has 0 spiro atoms. The minimum Gasteiger partial charge on any atom is -0.494 e. The second-order valence-electron chi connectivity index (χ2n) is 5.82. The van der Waals surface area contributed by atoms with Gasteiger partial charge in [-0.05, 0) is 51.9 Å². The Labute approximate surface area is 145 Å². The van der Waals surface area contributed by atoms with Gasteiger partial charge in [-0.25, -0.2) is 0 Å². The van der Waals surface area contributed by atoms with E-state index in [-0.39, 0.29) is 0 Å². The molecular formula is C18H30N4O2. The summed E-state index contributed by atoms with van der Waals surface area (Å²) in [6, 6.07) is 5.67. The summed E-state index contributed by atoms with van der Waals surface area (Å²) in [5.74, 6) is 1.93. The normalized spacial score (nSPS) is 16.0. The summed E-state index contributed by atoms with van der Waals surface area (Å²) in [5.41, 5.74) is 6.81. The van der Waals surface area contributed by atoms with Crippen LogP contribution in [0, 0.1) is 0 Å². The van der Waals surface area contributed by atoms with Gasteiger partial charge >= 0.3 is 0 Å². The maximum absolute atomic E-state index is 6.03. The SMILES string of the molecule is CCOc1ccc(OCC)c(NC(N)=NCCN2CCCCC2)c1. The van der Waals surface area contributed by atoms with E-state index in [9.17, 15) is 0 Å². The van der Waals surface area contributed by atoms with Gasteiger partial charge in [0, 0.05) is 12.6 Å². The molecule has 1 heterocycles. The van der Waals surface area contributed by atoms with Crippen molar-refractivity contribution in [3.05, 3.63) is 18.2 Å². The van der Waals surface area contributed by atoms with E-state index < -0.39 is 0 Å². The Hall–Kier alpha value is -1.95. The summed E-state index contributed by atoms with van der Waals surface area (Å²) >= 11 is 0. The average molecular weight is 334 g/mol. The number of piperidine rings is 1. The predicted molar refractivity (Wildman–Crippen MR) is 99.2 cm³/mol. The van der Waals surface area contributed by atoms with Crippen molar-refractivity contribution in [2.45, 2.75) is 33.1 Å². The van der Waals surface area contributed by atoms with Crippen LogP contribution >= 0.6 is 0 Å². The fourth-order valence-electron chi connectivity index (χ4n) is 2.82. The second-order valence-corrected chi connectivity index (χ2v) is 5.82. The number of nitrogens with one attached hydrogen (secondary N) is 1. The molecule has 6 heteroatoms. The van der Waals surface area contributed by atoms with Crippen LogP contribution in [0.2, 0.25) is 0 Å². The molecule has 0 radical (unpaired) electrons. The van der Waals surface area contributed by atoms with Gasteiger partial charge in [0.1, 0.15) is 11.5 Å². The van der Waals surface area contributed by atoms with Crippen LogP contribution in [0.3, 0.4) is 0 Å². The van der Waals surface area contributed by atoms with E-state index >= 15 is 0 Å². The smallest absolute Gasteiger partial charge is 0.193 e. The Morgan fingerprint density at radius 2 is 1.92 bits per heavy atom. The summed E-state index contributed by atoms with van der Waals surface area (Å²) in [5, 5.41) is 3.14. The molecule has 1 aliphatic rings. The third kappa shape index (κ3) is 5.92. The standard InChI is InChI=1S/C18H30N4O2/c1-3-23-15-8-9-17(24-4-2)16(14-15)21-18(19)20-10-13-22-11-6-5-7-12-22/h8-9,14H,3-7,10-13H2,1-2H3,(H3,19,20,21). The van der Waals surface area contributed by atoms with Crippen molar-refractivity contribution in [3.8, 4) is 11.5 Å². The van der Waals surface area contributed by atoms with Gasteiger partial charge in [0.2, 0.25) is 0 Å². The van der Waals surface area contributed by atoms with Gasteiger partial charge < -0.3 is 25.4 Å². The largest absolute Gasteiger partial charge is 0.494 e. The zero-order valence-corrected chi connectivity index (χ0v) is 14.9. The Morgan fingerprint density at radius 3 is 2.62 bits per heavy atom. The van der Waals surface area contributed by atoms with Crippen molar-refractivity contribution in [1.82, 2.24) is 4.90 Å². The molecule has 0 bridgehead atoms. The lowest BCUT2D eigenvalue weighted by Crippen LogP contribution is -2.32. The summed E-state index contributed by atoms with van der Waals surface area (Å²) in [4.78, 5) is 6.88. The highest BCUT2D eigenvalue weighted by atomic mass is 16.5. The van der Waals surface area contributed by atoms with E-state index in [1.54, 1.807) is 0 Å². The highest BCUT2D eigenvalue weighted by Gasteiger charge is 2.10. The number of hydrogen-bond donors (Lipinski definition) is 2. The molecule has 24 heavy (non-hydrogen) atoms. The number of nitrogens with two attached hydrogens (primary N) is 1. The van der Waals surface area contributed by atoms with Crippen LogP contribution in [-0.4, -0.2) is 50.3 Å². The molecule has 1 aromatic carbocycles. The van der Waals surface area contributed by atoms with Crippen molar-refractivity contribution >= 4 is 11.6 Å². The molecule has 0 saturated carbocycles. The van der Waals surface area contributed by atoms with Crippen LogP contribution in [0.5, 0.6) is 11.5 Å². The zero-order valence-electron chi connectivity index (χ0n) is 14.9. The Kier molecular flexibility index (Phi) is 7.68. The van der Waals surface area contributed by atoms with Crippen molar-refractivity contribution in [2.75, 3.05) is 44.7 Å². The van der Waals surface area contributed by atoms with E-state index in [1.807, 2.05) is 32.0 Å². The van der Waals surface area contributed by atoms with Gasteiger partial charge in [-0.15, -0.1) is 0 Å². The van der Waals surface area contributed by atoms with Crippen LogP contribution in [-0.2, 0) is 0 Å². The van der Waals surface area contributed by atoms with E-state index in [0.717, 1.165) is 23.7 Å². The van der Waals surface area contributed by atoms with Gasteiger partial charge in [0.15, 0.2) is 5.96 Å². The minimum atomic E-state index is 0.404. The summed E-state index contributed by atoms with van der Waals surface area (Å²) in [6.45, 7) is 9.13. The second kappa shape index (κ2) is 10.0. The minimum absolute atomic E-state index is 0.404. The van der Waals surface area contributed by atoms with E-state index in [0.29, 0.717) is 25.7 Å². The van der Waals surface area contributed by atoms with Crippen LogP contribution in [0.25, 0.3) is 0 Å². The molecule has 1 aliphatic heterocycles. The number of guanidine groups is 1. The lowest BCUT2D eigenvalue weighted by atomic mass is 10.1. The monoisotopic (exact) mass is 334 g/mol. The molecule has 3 N–H and O–H groups in total. The van der Waals surface area contributed by atoms with Crippen molar-refractivity contribution < 1.29 is 9.47 Å². The van der Waals surface area contributed by atoms with Gasteiger partial charge in [-0.1, -0.05) is 6.42 Å². The maximum atomic E-state index is 6.03. The Balaban J connectivity index is 1.93. The number of anilines is 1. The number of aliphatic imine (C=N–C) groups is 1. The molecule has 1 aromatic rings. The first kappa shape index (κ1) is 18.4. The lowest BCUT2D eigenvalue weighted by Gasteiger charge is -2.25. The first-order chi connectivity index (χ1) is 11.7. The molecule has 0 atom stereocenters. The van der Waals surface area contributed by atoms with Gasteiger partial charge in [-0.3, -0.25) is 4.99 Å². The topological polar surface area (TPSA) is 72.1 Å². The van der Waals surface area contributed by atoms with Gasteiger partial charge in [-0.2, -0.15) is 0 Å². The zero-order chi connectivity index (χ0) is 17.2. The molecule has 0 aromatic heterocycles. The third-order valence-corrected chi connectivity index (χ3v) is 3.97. The molecule has 1 fully saturated rings. The van der Waals surface area contributed by atoms with Crippen LogP contribution in [0.1, 0.15) is 33.1 Å². The number of benzene rings is 1. The number of likely N-dealkylation sites (tertiary alicyclic amines) is 1. The molecular weight excluding hydrogens is 304 g/mol. The summed E-state index contributed by atoms with van der Waals surface area (Å²) < 4.78 is 11.2.